The van der Waals surface area contributed by atoms with Crippen molar-refractivity contribution in [2.45, 2.75) is 75.5 Å². The average molecular weight is 493 g/mol. The molecule has 0 bridgehead atoms. The van der Waals surface area contributed by atoms with E-state index in [0.29, 0.717) is 23.8 Å². The number of carbonyl (C=O) groups is 2. The number of piperidine rings is 1. The summed E-state index contributed by atoms with van der Waals surface area (Å²) < 4.78 is 12.1. The first-order chi connectivity index (χ1) is 17.5. The number of carbonyl (C=O) groups excluding carboxylic acids is 1. The molecule has 3 N–H and O–H groups in total. The van der Waals surface area contributed by atoms with Gasteiger partial charge in [0.05, 0.1) is 11.6 Å². The number of carboxylic acids is 1. The van der Waals surface area contributed by atoms with Gasteiger partial charge in [0.1, 0.15) is 18.0 Å². The fraction of sp³-hybridized carbons (Fsp3) is 0.517. The van der Waals surface area contributed by atoms with Gasteiger partial charge in [-0.15, -0.1) is 0 Å². The van der Waals surface area contributed by atoms with Crippen molar-refractivity contribution in [1.29, 1.82) is 0 Å². The molecule has 0 aromatic heterocycles. The molecule has 2 aliphatic heterocycles. The predicted octanol–water partition coefficient (Wildman–Crippen LogP) is 4.53. The molecule has 0 spiro atoms. The molecule has 7 heteroatoms. The number of carboxylic acid groups (broad SMARTS) is 1. The highest BCUT2D eigenvalue weighted by molar-refractivity contribution is 5.90. The Morgan fingerprint density at radius 1 is 1.06 bits per heavy atom. The van der Waals surface area contributed by atoms with Crippen LogP contribution in [0, 0.1) is 0 Å². The van der Waals surface area contributed by atoms with Crippen LogP contribution in [0.15, 0.2) is 42.5 Å². The standard InChI is InChI=1S/C29H36N2O5/c1-18(31-28(32)26-5-3-15-35-26)27(21-10-8-20(9-11-21)19-6-7-19)36-23-12-13-24(29(33)34)25(16-23)22-4-2-14-30-17-22/h8-13,16,18-19,22,26-27,30H,2-7,14-15,17H2,1H3,(H,31,32)(H,33,34)/t18-,22+,26+,27-/m0/s1. The number of hydrogen-bond acceptors (Lipinski definition) is 5. The van der Waals surface area contributed by atoms with Crippen LogP contribution in [0.2, 0.25) is 0 Å². The van der Waals surface area contributed by atoms with Gasteiger partial charge in [-0.05, 0) is 98.7 Å². The molecule has 0 unspecified atom stereocenters. The van der Waals surface area contributed by atoms with Gasteiger partial charge < -0.3 is 25.2 Å². The Bertz CT molecular complexity index is 1070. The minimum atomic E-state index is -0.925. The predicted molar refractivity (Wildman–Crippen MR) is 137 cm³/mol. The molecule has 2 aromatic carbocycles. The van der Waals surface area contributed by atoms with E-state index in [2.05, 4.69) is 34.9 Å². The van der Waals surface area contributed by atoms with E-state index in [1.165, 1.54) is 18.4 Å². The zero-order valence-corrected chi connectivity index (χ0v) is 20.9. The Kier molecular flexibility index (Phi) is 7.58. The molecule has 2 saturated heterocycles. The maximum atomic E-state index is 12.8. The number of amides is 1. The third-order valence-electron chi connectivity index (χ3n) is 7.61. The number of rotatable bonds is 9. The summed E-state index contributed by atoms with van der Waals surface area (Å²) in [5, 5.41) is 16.3. The van der Waals surface area contributed by atoms with Crippen LogP contribution in [0.5, 0.6) is 5.75 Å². The summed E-state index contributed by atoms with van der Waals surface area (Å²) in [6.07, 6.45) is 5.21. The molecule has 5 rings (SSSR count). The minimum absolute atomic E-state index is 0.113. The largest absolute Gasteiger partial charge is 0.484 e. The molecule has 192 valence electrons. The lowest BCUT2D eigenvalue weighted by atomic mass is 9.88. The Morgan fingerprint density at radius 3 is 2.50 bits per heavy atom. The Morgan fingerprint density at radius 2 is 1.86 bits per heavy atom. The first kappa shape index (κ1) is 24.8. The van der Waals surface area contributed by atoms with Crippen molar-refractivity contribution in [3.8, 4) is 5.75 Å². The van der Waals surface area contributed by atoms with Crippen LogP contribution in [0.25, 0.3) is 0 Å². The van der Waals surface area contributed by atoms with Gasteiger partial charge in [0, 0.05) is 13.2 Å². The van der Waals surface area contributed by atoms with E-state index in [9.17, 15) is 14.7 Å². The molecule has 7 nitrogen and oxygen atoms in total. The lowest BCUT2D eigenvalue weighted by molar-refractivity contribution is -0.131. The first-order valence-corrected chi connectivity index (χ1v) is 13.3. The monoisotopic (exact) mass is 492 g/mol. The summed E-state index contributed by atoms with van der Waals surface area (Å²) >= 11 is 0. The van der Waals surface area contributed by atoms with Gasteiger partial charge in [0.25, 0.3) is 0 Å². The second-order valence-corrected chi connectivity index (χ2v) is 10.4. The summed E-state index contributed by atoms with van der Waals surface area (Å²) in [6.45, 7) is 4.27. The van der Waals surface area contributed by atoms with Gasteiger partial charge in [-0.2, -0.15) is 0 Å². The Hall–Kier alpha value is -2.90. The molecule has 1 amide bonds. The molecule has 1 saturated carbocycles. The maximum absolute atomic E-state index is 12.8. The van der Waals surface area contributed by atoms with E-state index in [1.54, 1.807) is 12.1 Å². The first-order valence-electron chi connectivity index (χ1n) is 13.3. The van der Waals surface area contributed by atoms with E-state index in [0.717, 1.165) is 49.9 Å². The van der Waals surface area contributed by atoms with Crippen LogP contribution in [-0.2, 0) is 9.53 Å². The topological polar surface area (TPSA) is 96.9 Å². The van der Waals surface area contributed by atoms with Crippen molar-refractivity contribution >= 4 is 11.9 Å². The molecule has 2 heterocycles. The van der Waals surface area contributed by atoms with Crippen LogP contribution in [0.3, 0.4) is 0 Å². The van der Waals surface area contributed by atoms with Crippen molar-refractivity contribution in [1.82, 2.24) is 10.6 Å². The van der Waals surface area contributed by atoms with Crippen molar-refractivity contribution < 1.29 is 24.2 Å². The van der Waals surface area contributed by atoms with Crippen LogP contribution < -0.4 is 15.4 Å². The van der Waals surface area contributed by atoms with Gasteiger partial charge >= 0.3 is 5.97 Å². The fourth-order valence-corrected chi connectivity index (χ4v) is 5.42. The van der Waals surface area contributed by atoms with Gasteiger partial charge in [-0.3, -0.25) is 4.79 Å². The SMILES string of the molecule is C[C@H](NC(=O)[C@H]1CCCO1)[C@H](Oc1ccc(C(=O)O)c([C@@H]2CCCNC2)c1)c1ccc(C2CC2)cc1. The van der Waals surface area contributed by atoms with Crippen molar-refractivity contribution in [3.63, 3.8) is 0 Å². The number of ether oxygens (including phenoxy) is 2. The number of nitrogens with one attached hydrogen (secondary N) is 2. The fourth-order valence-electron chi connectivity index (χ4n) is 5.42. The van der Waals surface area contributed by atoms with E-state index in [-0.39, 0.29) is 17.9 Å². The highest BCUT2D eigenvalue weighted by Gasteiger charge is 2.30. The zero-order valence-electron chi connectivity index (χ0n) is 20.9. The van der Waals surface area contributed by atoms with Gasteiger partial charge in [-0.25, -0.2) is 4.79 Å². The van der Waals surface area contributed by atoms with Gasteiger partial charge in [0.2, 0.25) is 5.91 Å². The molecular weight excluding hydrogens is 456 g/mol. The zero-order chi connectivity index (χ0) is 25.1. The average Bonchev–Trinajstić information content (AvgIpc) is 3.60. The number of hydrogen-bond donors (Lipinski definition) is 3. The molecule has 1 aliphatic carbocycles. The third kappa shape index (κ3) is 5.73. The smallest absolute Gasteiger partial charge is 0.335 e. The Labute approximate surface area is 212 Å². The van der Waals surface area contributed by atoms with Crippen LogP contribution >= 0.6 is 0 Å². The molecule has 4 atom stereocenters. The molecule has 36 heavy (non-hydrogen) atoms. The summed E-state index contributed by atoms with van der Waals surface area (Å²) in [4.78, 5) is 24.8. The second-order valence-electron chi connectivity index (χ2n) is 10.4. The summed E-state index contributed by atoms with van der Waals surface area (Å²) in [7, 11) is 0. The molecular formula is C29H36N2O5. The number of benzene rings is 2. The van der Waals surface area contributed by atoms with E-state index < -0.39 is 18.2 Å². The highest BCUT2D eigenvalue weighted by atomic mass is 16.5. The summed E-state index contributed by atoms with van der Waals surface area (Å²) in [5.74, 6) is 0.353. The lowest BCUT2D eigenvalue weighted by Crippen LogP contribution is -2.44. The maximum Gasteiger partial charge on any atom is 0.335 e. The second kappa shape index (κ2) is 11.0. The molecule has 3 fully saturated rings. The van der Waals surface area contributed by atoms with Crippen LogP contribution in [0.4, 0.5) is 0 Å². The normalized spacial score (nSPS) is 23.6. The van der Waals surface area contributed by atoms with E-state index >= 15 is 0 Å². The highest BCUT2D eigenvalue weighted by Crippen LogP contribution is 2.40. The van der Waals surface area contributed by atoms with Crippen LogP contribution in [-0.4, -0.2) is 48.8 Å². The van der Waals surface area contributed by atoms with Crippen molar-refractivity contribution in [3.05, 3.63) is 64.7 Å². The van der Waals surface area contributed by atoms with Crippen molar-refractivity contribution in [2.24, 2.45) is 0 Å². The molecule has 3 aliphatic rings. The third-order valence-corrected chi connectivity index (χ3v) is 7.61. The quantitative estimate of drug-likeness (QED) is 0.476. The Balaban J connectivity index is 1.41. The molecule has 0 radical (unpaired) electrons. The van der Waals surface area contributed by atoms with Crippen molar-refractivity contribution in [2.75, 3.05) is 19.7 Å². The van der Waals surface area contributed by atoms with Crippen LogP contribution in [0.1, 0.15) is 90.4 Å². The minimum Gasteiger partial charge on any atom is -0.484 e. The summed E-state index contributed by atoms with van der Waals surface area (Å²) in [6, 6.07) is 13.4. The van der Waals surface area contributed by atoms with Gasteiger partial charge in [0.15, 0.2) is 0 Å². The van der Waals surface area contributed by atoms with E-state index in [4.69, 9.17) is 9.47 Å². The summed E-state index contributed by atoms with van der Waals surface area (Å²) in [5.41, 5.74) is 3.43. The van der Waals surface area contributed by atoms with Gasteiger partial charge in [-0.1, -0.05) is 24.3 Å². The lowest BCUT2D eigenvalue weighted by Gasteiger charge is -2.29. The number of aromatic carboxylic acids is 1. The molecule has 2 aromatic rings. The van der Waals surface area contributed by atoms with E-state index in [1.807, 2.05) is 13.0 Å².